The third kappa shape index (κ3) is 3.55. The largest absolute Gasteiger partial charge is 0.340 e. The number of nitro benzene ring substituents is 1. The molecule has 0 aliphatic rings. The first-order chi connectivity index (χ1) is 9.86. The van der Waals surface area contributed by atoms with Crippen molar-refractivity contribution >= 4 is 29.0 Å². The molecule has 0 aliphatic carbocycles. The Morgan fingerprint density at radius 3 is 2.62 bits per heavy atom. The van der Waals surface area contributed by atoms with Crippen LogP contribution in [0.25, 0.3) is 0 Å². The normalized spacial score (nSPS) is 10.2. The number of hydrogen-bond donors (Lipinski definition) is 1. The highest BCUT2D eigenvalue weighted by molar-refractivity contribution is 6.34. The van der Waals surface area contributed by atoms with Crippen molar-refractivity contribution in [3.63, 3.8) is 0 Å². The first-order valence-electron chi connectivity index (χ1n) is 6.12. The number of aromatic amines is 1. The summed E-state index contributed by atoms with van der Waals surface area (Å²) in [6.07, 6.45) is 0. The summed E-state index contributed by atoms with van der Waals surface area (Å²) < 4.78 is 0. The summed E-state index contributed by atoms with van der Waals surface area (Å²) in [5.74, 6) is -0.00924. The fraction of sp³-hybridized carbons (Fsp3) is 0.143. The van der Waals surface area contributed by atoms with Gasteiger partial charge in [-0.05, 0) is 31.5 Å². The molecule has 0 bridgehead atoms. The summed E-state index contributed by atoms with van der Waals surface area (Å²) in [6.45, 7) is 3.76. The Bertz CT molecular complexity index is 711. The highest BCUT2D eigenvalue weighted by Crippen LogP contribution is 2.22. The lowest BCUT2D eigenvalue weighted by Crippen LogP contribution is -2.21. The zero-order valence-corrected chi connectivity index (χ0v) is 12.2. The number of halogens is 1. The maximum atomic E-state index is 12.2. The number of nitrogens with zero attached hydrogens (tertiary/aromatic N) is 1. The third-order valence-corrected chi connectivity index (χ3v) is 3.13. The number of H-pyrrole nitrogens is 1. The monoisotopic (exact) mass is 306 g/mol. The van der Waals surface area contributed by atoms with Crippen LogP contribution in [-0.4, -0.2) is 10.8 Å². The fourth-order valence-electron chi connectivity index (χ4n) is 1.95. The van der Waals surface area contributed by atoms with E-state index in [1.807, 2.05) is 19.9 Å². The number of benzene rings is 1. The minimum atomic E-state index is -0.573. The van der Waals surface area contributed by atoms with Crippen molar-refractivity contribution in [3.05, 3.63) is 62.3 Å². The Morgan fingerprint density at radius 2 is 2.00 bits per heavy atom. The number of anilines is 1. The van der Waals surface area contributed by atoms with Crippen LogP contribution in [-0.2, 0) is 0 Å². The molecule has 1 aromatic heterocycles. The minimum absolute atomic E-state index is 0.0541. The van der Waals surface area contributed by atoms with E-state index in [0.717, 1.165) is 17.3 Å². The molecule has 0 saturated heterocycles. The van der Waals surface area contributed by atoms with Crippen LogP contribution in [0.5, 0.6) is 0 Å². The number of aryl methyl sites for hydroxylation is 2. The smallest absolute Gasteiger partial charge is 0.258 e. The number of non-ortho nitro benzene ring substituents is 1. The van der Waals surface area contributed by atoms with E-state index in [4.69, 9.17) is 11.6 Å². The molecule has 2 N–H and O–H groups in total. The number of carbonyl (C=O) groups excluding carboxylic acids is 1. The number of pyridine rings is 1. The maximum Gasteiger partial charge on any atom is 0.340 e. The molecule has 2 aromatic rings. The first kappa shape index (κ1) is 14.9. The van der Waals surface area contributed by atoms with Crippen molar-refractivity contribution in [1.29, 1.82) is 0 Å². The molecule has 2 rings (SSSR count). The van der Waals surface area contributed by atoms with Gasteiger partial charge in [-0.2, -0.15) is 0 Å². The van der Waals surface area contributed by atoms with Crippen molar-refractivity contribution in [2.45, 2.75) is 13.8 Å². The molecule has 0 unspecified atom stereocenters. The van der Waals surface area contributed by atoms with Gasteiger partial charge in [0.25, 0.3) is 11.5 Å². The zero-order valence-electron chi connectivity index (χ0n) is 11.4. The average Bonchev–Trinajstić information content (AvgIpc) is 2.37. The van der Waals surface area contributed by atoms with Crippen LogP contribution in [0.15, 0.2) is 30.3 Å². The van der Waals surface area contributed by atoms with Gasteiger partial charge in [0.15, 0.2) is 0 Å². The van der Waals surface area contributed by atoms with Crippen molar-refractivity contribution < 1.29 is 14.7 Å². The molecule has 1 aromatic carbocycles. The molecular formula is C14H13ClN3O3+. The van der Waals surface area contributed by atoms with E-state index < -0.39 is 10.8 Å². The summed E-state index contributed by atoms with van der Waals surface area (Å²) in [7, 11) is 0. The zero-order chi connectivity index (χ0) is 15.6. The van der Waals surface area contributed by atoms with Gasteiger partial charge in [-0.25, -0.2) is 15.1 Å². The Labute approximate surface area is 125 Å². The molecule has 0 aliphatic heterocycles. The van der Waals surface area contributed by atoms with Crippen LogP contribution < -0.4 is 10.3 Å². The SMILES string of the molecule is Cc1cc(C)[nH+]c(NC(=O)c2cc([N+](=O)[O-])ccc2Cl)c1. The van der Waals surface area contributed by atoms with Crippen molar-refractivity contribution in [2.24, 2.45) is 0 Å². The highest BCUT2D eigenvalue weighted by atomic mass is 35.5. The molecule has 1 heterocycles. The Kier molecular flexibility index (Phi) is 4.18. The second kappa shape index (κ2) is 5.88. The average molecular weight is 307 g/mol. The summed E-state index contributed by atoms with van der Waals surface area (Å²) >= 11 is 5.93. The number of carbonyl (C=O) groups is 1. The number of amides is 1. The van der Waals surface area contributed by atoms with Gasteiger partial charge >= 0.3 is 5.91 Å². The quantitative estimate of drug-likeness (QED) is 0.698. The molecular weight excluding hydrogens is 294 g/mol. The topological polar surface area (TPSA) is 86.4 Å². The van der Waals surface area contributed by atoms with E-state index in [0.29, 0.717) is 5.82 Å². The van der Waals surface area contributed by atoms with E-state index in [-0.39, 0.29) is 16.3 Å². The van der Waals surface area contributed by atoms with Gasteiger partial charge < -0.3 is 0 Å². The van der Waals surface area contributed by atoms with Crippen molar-refractivity contribution in [2.75, 3.05) is 5.32 Å². The summed E-state index contributed by atoms with van der Waals surface area (Å²) in [5, 5.41) is 13.6. The molecule has 0 radical (unpaired) electrons. The van der Waals surface area contributed by atoms with Crippen molar-refractivity contribution in [3.8, 4) is 0 Å². The molecule has 108 valence electrons. The summed E-state index contributed by atoms with van der Waals surface area (Å²) in [5.41, 5.74) is 1.73. The molecule has 0 spiro atoms. The van der Waals surface area contributed by atoms with Crippen LogP contribution >= 0.6 is 11.6 Å². The Balaban J connectivity index is 2.31. The summed E-state index contributed by atoms with van der Waals surface area (Å²) in [6, 6.07) is 7.42. The molecule has 0 fully saturated rings. The maximum absolute atomic E-state index is 12.2. The number of nitro groups is 1. The van der Waals surface area contributed by atoms with Crippen molar-refractivity contribution in [1.82, 2.24) is 0 Å². The van der Waals surface area contributed by atoms with Crippen LogP contribution in [0.1, 0.15) is 21.6 Å². The van der Waals surface area contributed by atoms with Gasteiger partial charge in [-0.15, -0.1) is 0 Å². The number of nitrogens with one attached hydrogen (secondary N) is 2. The van der Waals surface area contributed by atoms with Gasteiger partial charge in [0.1, 0.15) is 0 Å². The highest BCUT2D eigenvalue weighted by Gasteiger charge is 2.20. The lowest BCUT2D eigenvalue weighted by atomic mass is 10.2. The van der Waals surface area contributed by atoms with Gasteiger partial charge in [0, 0.05) is 18.2 Å². The van der Waals surface area contributed by atoms with Gasteiger partial charge in [-0.3, -0.25) is 10.1 Å². The molecule has 1 amide bonds. The van der Waals surface area contributed by atoms with Gasteiger partial charge in [0.2, 0.25) is 0 Å². The van der Waals surface area contributed by atoms with E-state index >= 15 is 0 Å². The second-order valence-corrected chi connectivity index (χ2v) is 5.04. The van der Waals surface area contributed by atoms with Crippen LogP contribution in [0.4, 0.5) is 11.5 Å². The Hall–Kier alpha value is -2.47. The van der Waals surface area contributed by atoms with E-state index in [9.17, 15) is 14.9 Å². The number of hydrogen-bond acceptors (Lipinski definition) is 3. The Morgan fingerprint density at radius 1 is 1.29 bits per heavy atom. The van der Waals surface area contributed by atoms with Crippen LogP contribution in [0.2, 0.25) is 5.02 Å². The molecule has 0 saturated carbocycles. The molecule has 0 atom stereocenters. The van der Waals surface area contributed by atoms with E-state index in [1.165, 1.54) is 12.1 Å². The predicted octanol–water partition coefficient (Wildman–Crippen LogP) is 2.93. The lowest BCUT2D eigenvalue weighted by molar-refractivity contribution is -0.384. The number of rotatable bonds is 3. The third-order valence-electron chi connectivity index (χ3n) is 2.80. The van der Waals surface area contributed by atoms with Gasteiger partial charge in [-0.1, -0.05) is 11.6 Å². The fourth-order valence-corrected chi connectivity index (χ4v) is 2.16. The van der Waals surface area contributed by atoms with Crippen LogP contribution in [0.3, 0.4) is 0 Å². The molecule has 6 nitrogen and oxygen atoms in total. The second-order valence-electron chi connectivity index (χ2n) is 4.63. The van der Waals surface area contributed by atoms with E-state index in [1.54, 1.807) is 6.07 Å². The van der Waals surface area contributed by atoms with Crippen LogP contribution in [0, 0.1) is 24.0 Å². The first-order valence-corrected chi connectivity index (χ1v) is 6.50. The molecule has 7 heteroatoms. The number of aromatic nitrogens is 1. The van der Waals surface area contributed by atoms with E-state index in [2.05, 4.69) is 10.3 Å². The minimum Gasteiger partial charge on any atom is -0.258 e. The summed E-state index contributed by atoms with van der Waals surface area (Å²) in [4.78, 5) is 25.4. The van der Waals surface area contributed by atoms with Gasteiger partial charge in [0.05, 0.1) is 21.2 Å². The predicted molar refractivity (Wildman–Crippen MR) is 78.5 cm³/mol. The standard InChI is InChI=1S/C14H12ClN3O3/c1-8-5-9(2)16-13(6-8)17-14(19)11-7-10(18(20)21)3-4-12(11)15/h3-7H,1-2H3,(H,16,17,19)/p+1. The lowest BCUT2D eigenvalue weighted by Gasteiger charge is -2.02. The molecule has 21 heavy (non-hydrogen) atoms.